The van der Waals surface area contributed by atoms with Crippen LogP contribution in [0.1, 0.15) is 32.8 Å². The van der Waals surface area contributed by atoms with Gasteiger partial charge in [0.15, 0.2) is 0 Å². The van der Waals surface area contributed by atoms with Crippen LogP contribution in [0.4, 0.5) is 0 Å². The van der Waals surface area contributed by atoms with Gasteiger partial charge in [-0.15, -0.1) is 0 Å². The fourth-order valence-corrected chi connectivity index (χ4v) is 3.51. The predicted octanol–water partition coefficient (Wildman–Crippen LogP) is 1.74. The van der Waals surface area contributed by atoms with Crippen molar-refractivity contribution in [2.75, 3.05) is 7.05 Å². The molecule has 8 nitrogen and oxygen atoms in total. The molecule has 0 unspecified atom stereocenters. The van der Waals surface area contributed by atoms with Gasteiger partial charge in [0.05, 0.1) is 0 Å². The Morgan fingerprint density at radius 3 is 2.38 bits per heavy atom. The fourth-order valence-electron chi connectivity index (χ4n) is 3.51. The van der Waals surface area contributed by atoms with Crippen LogP contribution in [0, 0.1) is 17.8 Å². The summed E-state index contributed by atoms with van der Waals surface area (Å²) < 4.78 is 0. The first kappa shape index (κ1) is 22.4. The molecule has 0 fully saturated rings. The number of para-hydroxylation sites is 1. The third kappa shape index (κ3) is 5.57. The van der Waals surface area contributed by atoms with Gasteiger partial charge in [-0.05, 0) is 24.0 Å². The molecule has 2 rings (SSSR count). The molecule has 5 N–H and O–H groups in total. The van der Waals surface area contributed by atoms with Crippen molar-refractivity contribution in [3.8, 4) is 0 Å². The molecular weight excluding hydrogens is 372 g/mol. The molecule has 0 saturated heterocycles. The molecule has 1 heterocycles. The van der Waals surface area contributed by atoms with Gasteiger partial charge >= 0.3 is 0 Å². The van der Waals surface area contributed by atoms with Crippen LogP contribution in [-0.4, -0.2) is 41.0 Å². The number of hydrogen-bond acceptors (Lipinski definition) is 4. The van der Waals surface area contributed by atoms with Gasteiger partial charge in [-0.25, -0.2) is 5.48 Å². The first-order valence-electron chi connectivity index (χ1n) is 9.79. The van der Waals surface area contributed by atoms with Crippen LogP contribution in [0.3, 0.4) is 0 Å². The average molecular weight is 402 g/mol. The van der Waals surface area contributed by atoms with Gasteiger partial charge < -0.3 is 15.6 Å². The minimum Gasteiger partial charge on any atom is -0.361 e. The molecule has 3 amide bonds. The molecule has 3 atom stereocenters. The fraction of sp³-hybridized carbons (Fsp3) is 0.476. The van der Waals surface area contributed by atoms with Crippen molar-refractivity contribution in [1.82, 2.24) is 21.1 Å². The smallest absolute Gasteiger partial charge is 0.246 e. The molecule has 0 saturated carbocycles. The second kappa shape index (κ2) is 10.1. The number of carbonyl (C=O) groups excluding carboxylic acids is 3. The van der Waals surface area contributed by atoms with Gasteiger partial charge in [0, 0.05) is 42.4 Å². The molecular formula is C21H30N4O4. The predicted molar refractivity (Wildman–Crippen MR) is 110 cm³/mol. The molecule has 0 aliphatic carbocycles. The molecule has 1 aromatic carbocycles. The van der Waals surface area contributed by atoms with E-state index in [-0.39, 0.29) is 17.7 Å². The van der Waals surface area contributed by atoms with Gasteiger partial charge in [-0.2, -0.15) is 0 Å². The zero-order chi connectivity index (χ0) is 21.6. The SMILES string of the molecule is CNC(=O)[C@@H](Cc1c[nH]c2ccccc12)NC(=O)[C@@H](CC(C)C)[C@@H](C)C(=O)NO. The van der Waals surface area contributed by atoms with Crippen molar-refractivity contribution in [3.05, 3.63) is 36.0 Å². The Balaban J connectivity index is 2.24. The Labute approximate surface area is 170 Å². The van der Waals surface area contributed by atoms with Crippen LogP contribution in [0.15, 0.2) is 30.5 Å². The number of hydroxylamine groups is 1. The lowest BCUT2D eigenvalue weighted by atomic mass is 9.85. The molecule has 1 aromatic heterocycles. The number of carbonyl (C=O) groups is 3. The Morgan fingerprint density at radius 2 is 1.76 bits per heavy atom. The average Bonchev–Trinajstić information content (AvgIpc) is 3.12. The zero-order valence-electron chi connectivity index (χ0n) is 17.3. The quantitative estimate of drug-likeness (QED) is 0.324. The number of hydrogen-bond donors (Lipinski definition) is 5. The van der Waals surface area contributed by atoms with Crippen LogP contribution >= 0.6 is 0 Å². The van der Waals surface area contributed by atoms with Crippen LogP contribution in [0.25, 0.3) is 10.9 Å². The van der Waals surface area contributed by atoms with E-state index in [9.17, 15) is 14.4 Å². The lowest BCUT2D eigenvalue weighted by Gasteiger charge is -2.26. The first-order valence-corrected chi connectivity index (χ1v) is 9.79. The van der Waals surface area contributed by atoms with Crippen molar-refractivity contribution in [1.29, 1.82) is 0 Å². The maximum atomic E-state index is 13.0. The lowest BCUT2D eigenvalue weighted by Crippen LogP contribution is -2.50. The summed E-state index contributed by atoms with van der Waals surface area (Å²) in [4.78, 5) is 40.5. The van der Waals surface area contributed by atoms with E-state index in [1.54, 1.807) is 12.4 Å². The third-order valence-corrected chi connectivity index (χ3v) is 5.17. The van der Waals surface area contributed by atoms with Crippen molar-refractivity contribution < 1.29 is 19.6 Å². The van der Waals surface area contributed by atoms with E-state index in [0.29, 0.717) is 12.8 Å². The molecule has 2 aromatic rings. The summed E-state index contributed by atoms with van der Waals surface area (Å²) in [6.45, 7) is 5.49. The maximum Gasteiger partial charge on any atom is 0.246 e. The minimum atomic E-state index is -0.786. The number of nitrogens with one attached hydrogen (secondary N) is 4. The van der Waals surface area contributed by atoms with E-state index in [1.807, 2.05) is 44.3 Å². The normalized spacial score (nSPS) is 14.3. The number of amides is 3. The Bertz CT molecular complexity index is 861. The molecule has 158 valence electrons. The highest BCUT2D eigenvalue weighted by Crippen LogP contribution is 2.23. The van der Waals surface area contributed by atoms with Gasteiger partial charge in [-0.3, -0.25) is 19.6 Å². The second-order valence-corrected chi connectivity index (χ2v) is 7.74. The van der Waals surface area contributed by atoms with E-state index >= 15 is 0 Å². The Morgan fingerprint density at radius 1 is 1.07 bits per heavy atom. The molecule has 0 spiro atoms. The Kier molecular flexibility index (Phi) is 7.78. The van der Waals surface area contributed by atoms with E-state index in [1.165, 1.54) is 7.05 Å². The summed E-state index contributed by atoms with van der Waals surface area (Å²) in [6.07, 6.45) is 2.60. The summed E-state index contributed by atoms with van der Waals surface area (Å²) in [5.74, 6) is -2.57. The molecule has 0 radical (unpaired) electrons. The first-order chi connectivity index (χ1) is 13.8. The number of likely N-dealkylation sites (N-methyl/N-ethyl adjacent to an activating group) is 1. The highest BCUT2D eigenvalue weighted by Gasteiger charge is 2.33. The van der Waals surface area contributed by atoms with Gasteiger partial charge in [0.25, 0.3) is 0 Å². The molecule has 0 aliphatic heterocycles. The van der Waals surface area contributed by atoms with Crippen molar-refractivity contribution >= 4 is 28.6 Å². The topological polar surface area (TPSA) is 123 Å². The van der Waals surface area contributed by atoms with Gasteiger partial charge in [0.2, 0.25) is 17.7 Å². The molecule has 0 aliphatic rings. The van der Waals surface area contributed by atoms with Crippen molar-refractivity contribution in [2.45, 2.75) is 39.7 Å². The highest BCUT2D eigenvalue weighted by atomic mass is 16.5. The summed E-state index contributed by atoms with van der Waals surface area (Å²) in [6, 6.07) is 6.95. The van der Waals surface area contributed by atoms with E-state index in [0.717, 1.165) is 16.5 Å². The standard InChI is InChI=1S/C21H30N4O4/c1-12(2)9-16(13(3)19(26)25-29)20(27)24-18(21(28)22-4)10-14-11-23-17-8-6-5-7-15(14)17/h5-8,11-13,16,18,23,29H,9-10H2,1-4H3,(H,22,28)(H,24,27)(H,25,26)/t13-,16+,18-/m1/s1. The summed E-state index contributed by atoms with van der Waals surface area (Å²) in [5.41, 5.74) is 3.48. The molecule has 0 bridgehead atoms. The summed E-state index contributed by atoms with van der Waals surface area (Å²) >= 11 is 0. The number of H-pyrrole nitrogens is 1. The minimum absolute atomic E-state index is 0.159. The maximum absolute atomic E-state index is 13.0. The third-order valence-electron chi connectivity index (χ3n) is 5.17. The van der Waals surface area contributed by atoms with Crippen LogP contribution in [0.5, 0.6) is 0 Å². The molecule has 29 heavy (non-hydrogen) atoms. The van der Waals surface area contributed by atoms with Crippen molar-refractivity contribution in [2.24, 2.45) is 17.8 Å². The van der Waals surface area contributed by atoms with Gasteiger partial charge in [0.1, 0.15) is 6.04 Å². The number of aromatic amines is 1. The number of rotatable bonds is 9. The zero-order valence-corrected chi connectivity index (χ0v) is 17.3. The largest absolute Gasteiger partial charge is 0.361 e. The lowest BCUT2D eigenvalue weighted by molar-refractivity contribution is -0.140. The van der Waals surface area contributed by atoms with Gasteiger partial charge in [-0.1, -0.05) is 39.0 Å². The van der Waals surface area contributed by atoms with E-state index in [2.05, 4.69) is 15.6 Å². The van der Waals surface area contributed by atoms with Crippen LogP contribution in [-0.2, 0) is 20.8 Å². The van der Waals surface area contributed by atoms with Crippen LogP contribution < -0.4 is 16.1 Å². The summed E-state index contributed by atoms with van der Waals surface area (Å²) in [5, 5.41) is 15.3. The van der Waals surface area contributed by atoms with Crippen molar-refractivity contribution in [3.63, 3.8) is 0 Å². The second-order valence-electron chi connectivity index (χ2n) is 7.74. The Hall–Kier alpha value is -2.87. The number of aromatic nitrogens is 1. The monoisotopic (exact) mass is 402 g/mol. The molecule has 8 heteroatoms. The van der Waals surface area contributed by atoms with Crippen LogP contribution in [0.2, 0.25) is 0 Å². The van der Waals surface area contributed by atoms with E-state index < -0.39 is 23.8 Å². The highest BCUT2D eigenvalue weighted by molar-refractivity contribution is 5.92. The van der Waals surface area contributed by atoms with E-state index in [4.69, 9.17) is 5.21 Å². The summed E-state index contributed by atoms with van der Waals surface area (Å²) in [7, 11) is 1.52. The number of fused-ring (bicyclic) bond motifs is 1. The number of benzene rings is 1.